The van der Waals surface area contributed by atoms with Crippen LogP contribution < -0.4 is 9.47 Å². The summed E-state index contributed by atoms with van der Waals surface area (Å²) in [6.07, 6.45) is 3.46. The number of rotatable bonds is 12. The zero-order chi connectivity index (χ0) is 24.0. The zero-order valence-electron chi connectivity index (χ0n) is 19.5. The number of benzene rings is 2. The van der Waals surface area contributed by atoms with E-state index >= 15 is 0 Å². The molecule has 2 rings (SSSR count). The number of ether oxygens (including phenoxy) is 3. The summed E-state index contributed by atoms with van der Waals surface area (Å²) in [5.41, 5.74) is 1.97. The highest BCUT2D eigenvalue weighted by Gasteiger charge is 2.23. The summed E-state index contributed by atoms with van der Waals surface area (Å²) in [6, 6.07) is 15.4. The van der Waals surface area contributed by atoms with Crippen molar-refractivity contribution >= 4 is 0 Å². The highest BCUT2D eigenvalue weighted by atomic mass is 16.5. The van der Waals surface area contributed by atoms with Gasteiger partial charge in [0.15, 0.2) is 0 Å². The molecule has 0 amide bonds. The Balaban J connectivity index is 0.00000249. The minimum absolute atomic E-state index is 0.0471. The van der Waals surface area contributed by atoms with Crippen molar-refractivity contribution in [2.45, 2.75) is 45.3 Å². The highest BCUT2D eigenvalue weighted by Crippen LogP contribution is 2.33. The molecule has 2 aromatic carbocycles. The van der Waals surface area contributed by atoms with E-state index in [9.17, 15) is 10.2 Å². The molecule has 2 atom stereocenters. The Morgan fingerprint density at radius 1 is 0.812 bits per heavy atom. The molecule has 0 spiro atoms. The Morgan fingerprint density at radius 2 is 1.25 bits per heavy atom. The second-order valence-electron chi connectivity index (χ2n) is 7.51. The van der Waals surface area contributed by atoms with Gasteiger partial charge in [-0.15, -0.1) is 6.42 Å². The van der Waals surface area contributed by atoms with Crippen LogP contribution in [0.25, 0.3) is 0 Å². The van der Waals surface area contributed by atoms with Crippen molar-refractivity contribution in [3.8, 4) is 23.8 Å². The van der Waals surface area contributed by atoms with E-state index in [2.05, 4.69) is 19.8 Å². The average Bonchev–Trinajstić information content (AvgIpc) is 2.83. The van der Waals surface area contributed by atoms with Gasteiger partial charge in [-0.05, 0) is 35.4 Å². The second kappa shape index (κ2) is 14.5. The molecule has 2 unspecified atom stereocenters. The summed E-state index contributed by atoms with van der Waals surface area (Å²) in [7, 11) is 0. The number of hydrogen-bond donors (Lipinski definition) is 3. The van der Waals surface area contributed by atoms with Gasteiger partial charge in [0.25, 0.3) is 0 Å². The van der Waals surface area contributed by atoms with E-state index in [0.29, 0.717) is 11.5 Å². The van der Waals surface area contributed by atoms with E-state index in [0.717, 1.165) is 11.1 Å². The van der Waals surface area contributed by atoms with Crippen LogP contribution in [-0.2, 0) is 10.2 Å². The van der Waals surface area contributed by atoms with Crippen molar-refractivity contribution in [2.24, 2.45) is 0 Å². The third-order valence-electron chi connectivity index (χ3n) is 4.74. The van der Waals surface area contributed by atoms with E-state index in [4.69, 9.17) is 25.7 Å². The van der Waals surface area contributed by atoms with Gasteiger partial charge in [-0.1, -0.05) is 57.9 Å². The Morgan fingerprint density at radius 3 is 1.66 bits per heavy atom. The fourth-order valence-corrected chi connectivity index (χ4v) is 2.84. The lowest BCUT2D eigenvalue weighted by atomic mass is 9.78. The number of aliphatic hydroxyl groups excluding tert-OH is 3. The molecule has 3 N–H and O–H groups in total. The third-order valence-corrected chi connectivity index (χ3v) is 4.74. The standard InChI is InChI=1S/C24H30O6.C2H6/c1-4-13-28-15-21(27)17-30-23-11-7-19(8-12-23)24(2,3)18-5-9-22(10-6-18)29-16-20(26)14-25;1-2/h1,5-12,20-21,25-27H,13-17H2,2-3H3;1-2H3. The number of hydrogen-bond acceptors (Lipinski definition) is 6. The van der Waals surface area contributed by atoms with Crippen LogP contribution in [-0.4, -0.2) is 60.6 Å². The lowest BCUT2D eigenvalue weighted by Gasteiger charge is -2.26. The molecule has 32 heavy (non-hydrogen) atoms. The third kappa shape index (κ3) is 8.89. The Hall–Kier alpha value is -2.56. The van der Waals surface area contributed by atoms with Crippen molar-refractivity contribution in [2.75, 3.05) is 33.0 Å². The molecule has 176 valence electrons. The molecular formula is C26H36O6. The number of terminal acetylenes is 1. The first-order valence-electron chi connectivity index (χ1n) is 10.8. The van der Waals surface area contributed by atoms with E-state index in [1.807, 2.05) is 62.4 Å². The van der Waals surface area contributed by atoms with Gasteiger partial charge in [0, 0.05) is 5.41 Å². The fourth-order valence-electron chi connectivity index (χ4n) is 2.84. The van der Waals surface area contributed by atoms with Crippen molar-refractivity contribution in [1.82, 2.24) is 0 Å². The first-order chi connectivity index (χ1) is 15.4. The van der Waals surface area contributed by atoms with Gasteiger partial charge in [0.2, 0.25) is 0 Å². The average molecular weight is 445 g/mol. The Bertz CT molecular complexity index is 793. The molecule has 0 fully saturated rings. The summed E-state index contributed by atoms with van der Waals surface area (Å²) >= 11 is 0. The quantitative estimate of drug-likeness (QED) is 0.344. The molecule has 0 aliphatic rings. The second-order valence-corrected chi connectivity index (χ2v) is 7.51. The number of aliphatic hydroxyl groups is 3. The van der Waals surface area contributed by atoms with Crippen LogP contribution >= 0.6 is 0 Å². The highest BCUT2D eigenvalue weighted by molar-refractivity contribution is 5.41. The van der Waals surface area contributed by atoms with Crippen LogP contribution in [0.15, 0.2) is 48.5 Å². The molecule has 0 bridgehead atoms. The largest absolute Gasteiger partial charge is 0.491 e. The fraction of sp³-hybridized carbons (Fsp3) is 0.462. The summed E-state index contributed by atoms with van der Waals surface area (Å²) in [4.78, 5) is 0. The van der Waals surface area contributed by atoms with Gasteiger partial charge in [-0.3, -0.25) is 0 Å². The van der Waals surface area contributed by atoms with Gasteiger partial charge >= 0.3 is 0 Å². The summed E-state index contributed by atoms with van der Waals surface area (Å²) in [6.45, 7) is 8.39. The maximum Gasteiger partial charge on any atom is 0.119 e. The first-order valence-corrected chi connectivity index (χ1v) is 10.8. The predicted octanol–water partition coefficient (Wildman–Crippen LogP) is 3.16. The van der Waals surface area contributed by atoms with Crippen molar-refractivity contribution < 1.29 is 29.5 Å². The lowest BCUT2D eigenvalue weighted by molar-refractivity contribution is 0.0229. The Kier molecular flexibility index (Phi) is 12.4. The van der Waals surface area contributed by atoms with Crippen LogP contribution in [0.3, 0.4) is 0 Å². The topological polar surface area (TPSA) is 88.4 Å². The zero-order valence-corrected chi connectivity index (χ0v) is 19.5. The summed E-state index contributed by atoms with van der Waals surface area (Å²) in [5.74, 6) is 3.64. The molecule has 2 aromatic rings. The van der Waals surface area contributed by atoms with E-state index in [1.165, 1.54) is 0 Å². The molecule has 6 nitrogen and oxygen atoms in total. The molecule has 0 saturated carbocycles. The molecule has 0 saturated heterocycles. The van der Waals surface area contributed by atoms with Gasteiger partial charge in [-0.2, -0.15) is 0 Å². The van der Waals surface area contributed by atoms with Crippen molar-refractivity contribution in [3.63, 3.8) is 0 Å². The van der Waals surface area contributed by atoms with E-state index in [1.54, 1.807) is 0 Å². The van der Waals surface area contributed by atoms with E-state index < -0.39 is 12.2 Å². The monoisotopic (exact) mass is 444 g/mol. The molecule has 0 aliphatic heterocycles. The van der Waals surface area contributed by atoms with Gasteiger partial charge in [-0.25, -0.2) is 0 Å². The van der Waals surface area contributed by atoms with Crippen LogP contribution in [0.5, 0.6) is 11.5 Å². The van der Waals surface area contributed by atoms with Crippen molar-refractivity contribution in [1.29, 1.82) is 0 Å². The Labute approximate surface area is 191 Å². The molecule has 0 aliphatic carbocycles. The minimum Gasteiger partial charge on any atom is -0.491 e. The molecular weight excluding hydrogens is 408 g/mol. The first kappa shape index (κ1) is 27.5. The molecule has 6 heteroatoms. The smallest absolute Gasteiger partial charge is 0.119 e. The predicted molar refractivity (Wildman–Crippen MR) is 126 cm³/mol. The van der Waals surface area contributed by atoms with Crippen LogP contribution in [0, 0.1) is 12.3 Å². The van der Waals surface area contributed by atoms with Crippen LogP contribution in [0.4, 0.5) is 0 Å². The van der Waals surface area contributed by atoms with Crippen molar-refractivity contribution in [3.05, 3.63) is 59.7 Å². The van der Waals surface area contributed by atoms with E-state index in [-0.39, 0.29) is 38.4 Å². The SMILES string of the molecule is C#CCOCC(O)COc1ccc(C(C)(C)c2ccc(OCC(O)CO)cc2)cc1.CC. The normalized spacial score (nSPS) is 12.7. The molecule has 0 aromatic heterocycles. The lowest BCUT2D eigenvalue weighted by Crippen LogP contribution is -2.23. The van der Waals surface area contributed by atoms with Crippen LogP contribution in [0.1, 0.15) is 38.8 Å². The van der Waals surface area contributed by atoms with Gasteiger partial charge in [0.1, 0.15) is 43.5 Å². The van der Waals surface area contributed by atoms with Gasteiger partial charge < -0.3 is 29.5 Å². The minimum atomic E-state index is -0.890. The maximum atomic E-state index is 9.82. The van der Waals surface area contributed by atoms with Gasteiger partial charge in [0.05, 0.1) is 13.2 Å². The maximum absolute atomic E-state index is 9.82. The molecule has 0 radical (unpaired) electrons. The van der Waals surface area contributed by atoms with Crippen LogP contribution in [0.2, 0.25) is 0 Å². The molecule has 0 heterocycles. The summed E-state index contributed by atoms with van der Waals surface area (Å²) < 4.78 is 16.2. The summed E-state index contributed by atoms with van der Waals surface area (Å²) in [5, 5.41) is 28.0.